The molecule has 1 aromatic carbocycles. The Morgan fingerprint density at radius 1 is 0.696 bits per heavy atom. The van der Waals surface area contributed by atoms with E-state index in [0.717, 1.165) is 18.4 Å². The minimum atomic E-state index is -0.801. The Morgan fingerprint density at radius 3 is 1.57 bits per heavy atom. The molecule has 0 radical (unpaired) electrons. The van der Waals surface area contributed by atoms with Crippen LogP contribution in [0.2, 0.25) is 0 Å². The van der Waals surface area contributed by atoms with E-state index in [2.05, 4.69) is 20.7 Å². The maximum absolute atomic E-state index is 11.8. The van der Waals surface area contributed by atoms with Crippen molar-refractivity contribution in [2.24, 2.45) is 5.73 Å². The summed E-state index contributed by atoms with van der Waals surface area (Å²) in [6, 6.07) is 7.90. The maximum Gasteiger partial charge on any atom is 0.408 e. The summed E-state index contributed by atoms with van der Waals surface area (Å²) in [6.07, 6.45) is 1.81. The van der Waals surface area contributed by atoms with Crippen molar-refractivity contribution < 1.29 is 47.7 Å². The first-order valence-electron chi connectivity index (χ1n) is 15.3. The SMILES string of the molecule is COC(=O)C(CCCCN)NC(=O)OC(C)(C)C.COC(=O)C(CCCCNC(=O)OCc1ccccc1)NC(=O)OC(C)(C)C. The molecule has 262 valence electrons. The first-order chi connectivity index (χ1) is 21.5. The van der Waals surface area contributed by atoms with Gasteiger partial charge < -0.3 is 45.4 Å². The summed E-state index contributed by atoms with van der Waals surface area (Å²) >= 11 is 0. The van der Waals surface area contributed by atoms with Gasteiger partial charge in [-0.05, 0) is 92.2 Å². The van der Waals surface area contributed by atoms with E-state index in [9.17, 15) is 24.0 Å². The van der Waals surface area contributed by atoms with Gasteiger partial charge in [-0.3, -0.25) is 0 Å². The second kappa shape index (κ2) is 22.4. The highest BCUT2D eigenvalue weighted by Crippen LogP contribution is 2.10. The van der Waals surface area contributed by atoms with Crippen LogP contribution in [-0.4, -0.2) is 80.8 Å². The highest BCUT2D eigenvalue weighted by atomic mass is 16.6. The monoisotopic (exact) mass is 654 g/mol. The van der Waals surface area contributed by atoms with Crippen LogP contribution in [0.4, 0.5) is 14.4 Å². The summed E-state index contributed by atoms with van der Waals surface area (Å²) in [5, 5.41) is 7.67. The summed E-state index contributed by atoms with van der Waals surface area (Å²) in [5.74, 6) is -1.01. The van der Waals surface area contributed by atoms with Gasteiger partial charge in [-0.15, -0.1) is 0 Å². The Kier molecular flexibility index (Phi) is 20.5. The number of benzene rings is 1. The number of nitrogens with two attached hydrogens (primary N) is 1. The van der Waals surface area contributed by atoms with E-state index in [0.29, 0.717) is 38.8 Å². The number of ether oxygens (including phenoxy) is 5. The number of nitrogens with one attached hydrogen (secondary N) is 3. The molecule has 0 saturated heterocycles. The minimum Gasteiger partial charge on any atom is -0.467 e. The lowest BCUT2D eigenvalue weighted by Gasteiger charge is -2.22. The zero-order chi connectivity index (χ0) is 35.2. The smallest absolute Gasteiger partial charge is 0.408 e. The summed E-state index contributed by atoms with van der Waals surface area (Å²) in [4.78, 5) is 58.4. The van der Waals surface area contributed by atoms with Gasteiger partial charge in [0.25, 0.3) is 0 Å². The van der Waals surface area contributed by atoms with Gasteiger partial charge in [0.15, 0.2) is 0 Å². The Bertz CT molecular complexity index is 1060. The number of alkyl carbamates (subject to hydrolysis) is 3. The quantitative estimate of drug-likeness (QED) is 0.119. The molecule has 0 aliphatic heterocycles. The molecule has 46 heavy (non-hydrogen) atoms. The average molecular weight is 655 g/mol. The molecular formula is C32H54N4O10. The van der Waals surface area contributed by atoms with Gasteiger partial charge in [0.1, 0.15) is 29.9 Å². The molecule has 3 amide bonds. The topological polar surface area (TPSA) is 194 Å². The Morgan fingerprint density at radius 2 is 1.15 bits per heavy atom. The van der Waals surface area contributed by atoms with Gasteiger partial charge in [-0.1, -0.05) is 30.3 Å². The number of unbranched alkanes of at least 4 members (excludes halogenated alkanes) is 2. The number of amides is 3. The number of methoxy groups -OCH3 is 2. The number of carbonyl (C=O) groups excluding carboxylic acids is 5. The van der Waals surface area contributed by atoms with Crippen LogP contribution in [0.1, 0.15) is 85.6 Å². The molecule has 0 saturated carbocycles. The number of carbonyl (C=O) groups is 5. The zero-order valence-electron chi connectivity index (χ0n) is 28.6. The molecule has 0 fully saturated rings. The third kappa shape index (κ3) is 22.4. The summed E-state index contributed by atoms with van der Waals surface area (Å²) in [6.45, 7) is 11.6. The molecule has 0 heterocycles. The molecule has 1 rings (SSSR count). The van der Waals surface area contributed by atoms with Crippen molar-refractivity contribution in [3.63, 3.8) is 0 Å². The van der Waals surface area contributed by atoms with Gasteiger partial charge in [-0.25, -0.2) is 24.0 Å². The van der Waals surface area contributed by atoms with E-state index in [1.807, 2.05) is 30.3 Å². The van der Waals surface area contributed by atoms with E-state index in [1.165, 1.54) is 14.2 Å². The summed E-state index contributed by atoms with van der Waals surface area (Å²) < 4.78 is 24.7. The lowest BCUT2D eigenvalue weighted by Crippen LogP contribution is -2.44. The molecule has 1 aromatic rings. The van der Waals surface area contributed by atoms with Crippen molar-refractivity contribution in [2.75, 3.05) is 27.3 Å². The average Bonchev–Trinajstić information content (AvgIpc) is 2.97. The first kappa shape index (κ1) is 41.9. The zero-order valence-corrected chi connectivity index (χ0v) is 28.6. The van der Waals surface area contributed by atoms with Crippen molar-refractivity contribution in [1.29, 1.82) is 0 Å². The van der Waals surface area contributed by atoms with Crippen molar-refractivity contribution >= 4 is 30.2 Å². The van der Waals surface area contributed by atoms with Crippen molar-refractivity contribution in [1.82, 2.24) is 16.0 Å². The van der Waals surface area contributed by atoms with E-state index >= 15 is 0 Å². The molecule has 0 aliphatic carbocycles. The maximum atomic E-state index is 11.8. The number of hydrogen-bond donors (Lipinski definition) is 4. The molecule has 0 spiro atoms. The predicted molar refractivity (Wildman–Crippen MR) is 172 cm³/mol. The van der Waals surface area contributed by atoms with E-state index < -0.39 is 53.5 Å². The molecule has 14 nitrogen and oxygen atoms in total. The molecule has 14 heteroatoms. The molecule has 2 unspecified atom stereocenters. The van der Waals surface area contributed by atoms with E-state index in [1.54, 1.807) is 41.5 Å². The normalized spacial score (nSPS) is 12.2. The van der Waals surface area contributed by atoms with Crippen LogP contribution in [0.15, 0.2) is 30.3 Å². The van der Waals surface area contributed by atoms with Crippen LogP contribution >= 0.6 is 0 Å². The van der Waals surface area contributed by atoms with Crippen molar-refractivity contribution in [3.8, 4) is 0 Å². The summed E-state index contributed by atoms with van der Waals surface area (Å²) in [7, 11) is 2.55. The standard InChI is InChI=1S/C20H30N2O6.C12H24N2O4/c1-20(2,3)28-19(25)22-16(17(23)26-4)12-8-9-13-21-18(24)27-14-15-10-6-5-7-11-15;1-12(2,3)18-11(16)14-9(10(15)17-4)7-5-6-8-13/h5-7,10-11,16H,8-9,12-14H2,1-4H3,(H,21,24)(H,22,25);9H,5-8,13H2,1-4H3,(H,14,16). The highest BCUT2D eigenvalue weighted by molar-refractivity contribution is 5.82. The number of esters is 2. The van der Waals surface area contributed by atoms with E-state index in [4.69, 9.17) is 24.7 Å². The minimum absolute atomic E-state index is 0.205. The number of hydrogen-bond acceptors (Lipinski definition) is 11. The van der Waals surface area contributed by atoms with Crippen molar-refractivity contribution in [3.05, 3.63) is 35.9 Å². The lowest BCUT2D eigenvalue weighted by molar-refractivity contribution is -0.144. The largest absolute Gasteiger partial charge is 0.467 e. The first-order valence-corrected chi connectivity index (χ1v) is 15.3. The van der Waals surface area contributed by atoms with Gasteiger partial charge in [0, 0.05) is 6.54 Å². The van der Waals surface area contributed by atoms with Gasteiger partial charge in [-0.2, -0.15) is 0 Å². The van der Waals surface area contributed by atoms with Crippen LogP contribution in [0.3, 0.4) is 0 Å². The molecular weight excluding hydrogens is 600 g/mol. The molecule has 0 bridgehead atoms. The molecule has 5 N–H and O–H groups in total. The Labute approximate surface area is 272 Å². The fourth-order valence-electron chi connectivity index (χ4n) is 3.61. The highest BCUT2D eigenvalue weighted by Gasteiger charge is 2.25. The second-order valence-electron chi connectivity index (χ2n) is 12.2. The molecule has 2 atom stereocenters. The predicted octanol–water partition coefficient (Wildman–Crippen LogP) is 4.33. The van der Waals surface area contributed by atoms with E-state index in [-0.39, 0.29) is 6.61 Å². The fraction of sp³-hybridized carbons (Fsp3) is 0.656. The summed E-state index contributed by atoms with van der Waals surface area (Å²) in [5.41, 5.74) is 5.04. The van der Waals surface area contributed by atoms with Crippen LogP contribution < -0.4 is 21.7 Å². The van der Waals surface area contributed by atoms with Gasteiger partial charge in [0.05, 0.1) is 14.2 Å². The third-order valence-corrected chi connectivity index (χ3v) is 5.70. The second-order valence-corrected chi connectivity index (χ2v) is 12.2. The third-order valence-electron chi connectivity index (χ3n) is 5.70. The lowest BCUT2D eigenvalue weighted by atomic mass is 10.1. The van der Waals surface area contributed by atoms with Crippen LogP contribution in [-0.2, 0) is 39.9 Å². The van der Waals surface area contributed by atoms with Crippen LogP contribution in [0.5, 0.6) is 0 Å². The Balaban J connectivity index is 0.000000973. The van der Waals surface area contributed by atoms with Gasteiger partial charge in [0.2, 0.25) is 0 Å². The van der Waals surface area contributed by atoms with Crippen molar-refractivity contribution in [2.45, 2.75) is 110 Å². The molecule has 0 aliphatic rings. The Hall–Kier alpha value is -4.07. The van der Waals surface area contributed by atoms with Crippen LogP contribution in [0.25, 0.3) is 0 Å². The fourth-order valence-corrected chi connectivity index (χ4v) is 3.61. The van der Waals surface area contributed by atoms with Crippen LogP contribution in [0, 0.1) is 0 Å². The molecule has 0 aromatic heterocycles. The van der Waals surface area contributed by atoms with Gasteiger partial charge >= 0.3 is 30.2 Å². The number of rotatable bonds is 15.